The summed E-state index contributed by atoms with van der Waals surface area (Å²) in [5.41, 5.74) is 5.84. The lowest BCUT2D eigenvalue weighted by atomic mass is 9.84. The molecule has 1 aliphatic carbocycles. The summed E-state index contributed by atoms with van der Waals surface area (Å²) in [6.45, 7) is 0. The molecule has 1 N–H and O–H groups in total. The Balaban J connectivity index is 1.46. The van der Waals surface area contributed by atoms with Gasteiger partial charge < -0.3 is 5.32 Å². The highest BCUT2D eigenvalue weighted by Crippen LogP contribution is 2.31. The first kappa shape index (κ1) is 19.4. The van der Waals surface area contributed by atoms with Crippen molar-refractivity contribution in [3.05, 3.63) is 82.3 Å². The van der Waals surface area contributed by atoms with Gasteiger partial charge in [-0.1, -0.05) is 91.7 Å². The quantitative estimate of drug-likeness (QED) is 0.444. The smallest absolute Gasteiger partial charge is 0.0655 e. The fourth-order valence-corrected chi connectivity index (χ4v) is 4.55. The molecule has 1 saturated carbocycles. The summed E-state index contributed by atoms with van der Waals surface area (Å²) in [6, 6.07) is 23.0. The molecule has 0 aliphatic heterocycles. The first-order chi connectivity index (χ1) is 13.7. The summed E-state index contributed by atoms with van der Waals surface area (Å²) in [7, 11) is 0. The van der Waals surface area contributed by atoms with E-state index in [0.29, 0.717) is 10.0 Å². The number of anilines is 2. The maximum absolute atomic E-state index is 6.26. The third-order valence-electron chi connectivity index (χ3n) is 5.60. The number of benzene rings is 3. The van der Waals surface area contributed by atoms with Gasteiger partial charge in [0.1, 0.15) is 0 Å². The number of halogens is 2. The minimum absolute atomic E-state index is 0.618. The van der Waals surface area contributed by atoms with E-state index in [1.165, 1.54) is 55.2 Å². The molecule has 0 atom stereocenters. The molecule has 1 nitrogen and oxygen atoms in total. The number of hydrogen-bond acceptors (Lipinski definition) is 1. The van der Waals surface area contributed by atoms with Crippen molar-refractivity contribution in [3.8, 4) is 11.1 Å². The summed E-state index contributed by atoms with van der Waals surface area (Å²) >= 11 is 12.2. The second-order valence-corrected chi connectivity index (χ2v) is 8.58. The third kappa shape index (κ3) is 4.90. The molecule has 0 spiro atoms. The Labute approximate surface area is 177 Å². The van der Waals surface area contributed by atoms with Gasteiger partial charge in [-0.05, 0) is 59.4 Å². The molecule has 3 aromatic rings. The normalized spacial score (nSPS) is 14.8. The molecule has 3 aromatic carbocycles. The van der Waals surface area contributed by atoms with Crippen LogP contribution in [0.4, 0.5) is 11.4 Å². The zero-order chi connectivity index (χ0) is 19.3. The second kappa shape index (κ2) is 9.03. The minimum Gasteiger partial charge on any atom is -0.354 e. The van der Waals surface area contributed by atoms with Gasteiger partial charge in [0.2, 0.25) is 0 Å². The third-order valence-corrected chi connectivity index (χ3v) is 6.15. The molecule has 0 aromatic heterocycles. The van der Waals surface area contributed by atoms with E-state index in [9.17, 15) is 0 Å². The van der Waals surface area contributed by atoms with Crippen molar-refractivity contribution in [2.24, 2.45) is 5.92 Å². The molecule has 1 aliphatic rings. The van der Waals surface area contributed by atoms with E-state index in [2.05, 4.69) is 53.8 Å². The van der Waals surface area contributed by atoms with Crippen molar-refractivity contribution in [2.75, 3.05) is 5.32 Å². The van der Waals surface area contributed by atoms with Gasteiger partial charge in [-0.2, -0.15) is 0 Å². The molecule has 0 heterocycles. The Bertz CT molecular complexity index is 928. The maximum atomic E-state index is 6.26. The van der Waals surface area contributed by atoms with Crippen molar-refractivity contribution in [3.63, 3.8) is 0 Å². The van der Waals surface area contributed by atoms with Crippen LogP contribution in [0, 0.1) is 5.92 Å². The predicted octanol–water partition coefficient (Wildman–Crippen LogP) is 8.53. The fraction of sp³-hybridized carbons (Fsp3) is 0.280. The average Bonchev–Trinajstić information content (AvgIpc) is 2.72. The lowest BCUT2D eigenvalue weighted by Gasteiger charge is -2.21. The second-order valence-electron chi connectivity index (χ2n) is 7.74. The Morgan fingerprint density at radius 1 is 0.786 bits per heavy atom. The van der Waals surface area contributed by atoms with E-state index in [0.717, 1.165) is 17.3 Å². The van der Waals surface area contributed by atoms with Gasteiger partial charge >= 0.3 is 0 Å². The van der Waals surface area contributed by atoms with Crippen molar-refractivity contribution in [1.82, 2.24) is 0 Å². The van der Waals surface area contributed by atoms with E-state index < -0.39 is 0 Å². The van der Waals surface area contributed by atoms with Crippen molar-refractivity contribution in [1.29, 1.82) is 0 Å². The highest BCUT2D eigenvalue weighted by Gasteiger charge is 2.14. The number of hydrogen-bond donors (Lipinski definition) is 1. The van der Waals surface area contributed by atoms with E-state index in [-0.39, 0.29) is 0 Å². The van der Waals surface area contributed by atoms with E-state index >= 15 is 0 Å². The van der Waals surface area contributed by atoms with Crippen LogP contribution in [0.15, 0.2) is 66.7 Å². The average molecular weight is 410 g/mol. The first-order valence-electron chi connectivity index (χ1n) is 10.1. The molecule has 0 bridgehead atoms. The van der Waals surface area contributed by atoms with Gasteiger partial charge in [0.25, 0.3) is 0 Å². The molecule has 4 rings (SSSR count). The van der Waals surface area contributed by atoms with Crippen molar-refractivity contribution < 1.29 is 0 Å². The van der Waals surface area contributed by atoms with Crippen molar-refractivity contribution in [2.45, 2.75) is 38.5 Å². The van der Waals surface area contributed by atoms with E-state index in [4.69, 9.17) is 23.2 Å². The number of nitrogens with one attached hydrogen (secondary N) is 1. The van der Waals surface area contributed by atoms with Crippen LogP contribution >= 0.6 is 23.2 Å². The Hall–Kier alpha value is -1.96. The molecule has 1 fully saturated rings. The molecular weight excluding hydrogens is 385 g/mol. The molecule has 0 amide bonds. The van der Waals surface area contributed by atoms with Gasteiger partial charge in [0.05, 0.1) is 10.7 Å². The Morgan fingerprint density at radius 3 is 2.32 bits per heavy atom. The molecule has 0 unspecified atom stereocenters. The lowest BCUT2D eigenvalue weighted by Crippen LogP contribution is -2.09. The molecule has 3 heteroatoms. The molecule has 0 radical (unpaired) electrons. The van der Waals surface area contributed by atoms with Gasteiger partial charge in [-0.15, -0.1) is 0 Å². The molecular formula is C25H25Cl2N. The lowest BCUT2D eigenvalue weighted by molar-refractivity contribution is 0.357. The topological polar surface area (TPSA) is 12.0 Å². The number of rotatable bonds is 5. The summed E-state index contributed by atoms with van der Waals surface area (Å²) in [6.07, 6.45) is 8.20. The summed E-state index contributed by atoms with van der Waals surface area (Å²) in [4.78, 5) is 0. The molecule has 0 saturated heterocycles. The Morgan fingerprint density at radius 2 is 1.57 bits per heavy atom. The standard InChI is InChI=1S/C25H25Cl2N/c26-22-11-14-25(24(27)17-22)28-23-12-9-20(10-13-23)21-8-4-7-19(16-21)15-18-5-2-1-3-6-18/h4,7-14,16-18,28H,1-3,5-6,15H2. The highest BCUT2D eigenvalue weighted by atomic mass is 35.5. The van der Waals surface area contributed by atoms with Gasteiger partial charge in [-0.25, -0.2) is 0 Å². The largest absolute Gasteiger partial charge is 0.354 e. The van der Waals surface area contributed by atoms with Crippen molar-refractivity contribution >= 4 is 34.6 Å². The van der Waals surface area contributed by atoms with Crippen LogP contribution in [0.5, 0.6) is 0 Å². The van der Waals surface area contributed by atoms with Gasteiger partial charge in [0.15, 0.2) is 0 Å². The minimum atomic E-state index is 0.618. The van der Waals surface area contributed by atoms with Crippen LogP contribution < -0.4 is 5.32 Å². The summed E-state index contributed by atoms with van der Waals surface area (Å²) < 4.78 is 0. The Kier molecular flexibility index (Phi) is 6.24. The maximum Gasteiger partial charge on any atom is 0.0655 e. The van der Waals surface area contributed by atoms with Crippen LogP contribution in [0.3, 0.4) is 0 Å². The first-order valence-corrected chi connectivity index (χ1v) is 10.8. The van der Waals surface area contributed by atoms with Crippen LogP contribution in [0.25, 0.3) is 11.1 Å². The fourth-order valence-electron chi connectivity index (χ4n) is 4.09. The zero-order valence-corrected chi connectivity index (χ0v) is 17.4. The van der Waals surface area contributed by atoms with Crippen LogP contribution in [0.1, 0.15) is 37.7 Å². The highest BCUT2D eigenvalue weighted by molar-refractivity contribution is 6.36. The van der Waals surface area contributed by atoms with Crippen LogP contribution in [-0.4, -0.2) is 0 Å². The van der Waals surface area contributed by atoms with E-state index in [1.807, 2.05) is 12.1 Å². The van der Waals surface area contributed by atoms with Crippen LogP contribution in [-0.2, 0) is 6.42 Å². The molecule has 28 heavy (non-hydrogen) atoms. The summed E-state index contributed by atoms with van der Waals surface area (Å²) in [5.74, 6) is 0.861. The van der Waals surface area contributed by atoms with Gasteiger partial charge in [0, 0.05) is 10.7 Å². The van der Waals surface area contributed by atoms with Crippen LogP contribution in [0.2, 0.25) is 10.0 Å². The zero-order valence-electron chi connectivity index (χ0n) is 15.9. The van der Waals surface area contributed by atoms with E-state index in [1.54, 1.807) is 6.07 Å². The predicted molar refractivity (Wildman–Crippen MR) is 122 cm³/mol. The van der Waals surface area contributed by atoms with Gasteiger partial charge in [-0.3, -0.25) is 0 Å². The molecule has 144 valence electrons. The SMILES string of the molecule is Clc1ccc(Nc2ccc(-c3cccc(CC4CCCCC4)c3)cc2)c(Cl)c1. The monoisotopic (exact) mass is 409 g/mol. The summed E-state index contributed by atoms with van der Waals surface area (Å²) in [5, 5.41) is 4.61.